The Kier molecular flexibility index (Phi) is 5.55. The maximum absolute atomic E-state index is 12.0. The van der Waals surface area contributed by atoms with Crippen molar-refractivity contribution in [1.29, 1.82) is 0 Å². The summed E-state index contributed by atoms with van der Waals surface area (Å²) in [4.78, 5) is 38.9. The van der Waals surface area contributed by atoms with Crippen molar-refractivity contribution in [2.75, 3.05) is 54.8 Å². The molecular formula is C19H24N4O3. The summed E-state index contributed by atoms with van der Waals surface area (Å²) in [6.45, 7) is 5.25. The van der Waals surface area contributed by atoms with E-state index in [-0.39, 0.29) is 5.91 Å². The minimum atomic E-state index is -0.440. The van der Waals surface area contributed by atoms with Crippen molar-refractivity contribution in [2.24, 2.45) is 0 Å². The van der Waals surface area contributed by atoms with Crippen LogP contribution in [0.3, 0.4) is 0 Å². The molecule has 26 heavy (non-hydrogen) atoms. The number of para-hydroxylation sites is 1. The standard InChI is InChI=1S/C19H24N4O3/c1-14(24)22-10-12-23(13-11-22)17-16(18(25)19(17)26)21-9-5-8-20-15-6-3-2-4-7-15/h2-4,6-7,20-21H,5,8-13H2,1H3. The number of rotatable bonds is 7. The molecule has 0 aliphatic carbocycles. The number of carbonyl (C=O) groups is 1. The summed E-state index contributed by atoms with van der Waals surface area (Å²) in [7, 11) is 0. The number of benzene rings is 1. The van der Waals surface area contributed by atoms with E-state index in [0.29, 0.717) is 44.1 Å². The van der Waals surface area contributed by atoms with Gasteiger partial charge in [-0.1, -0.05) is 18.2 Å². The summed E-state index contributed by atoms with van der Waals surface area (Å²) in [5.74, 6) is 0.0407. The van der Waals surface area contributed by atoms with Crippen LogP contribution in [-0.2, 0) is 4.79 Å². The molecule has 1 amide bonds. The second kappa shape index (κ2) is 8.03. The number of carbonyl (C=O) groups excluding carboxylic acids is 1. The van der Waals surface area contributed by atoms with Gasteiger partial charge in [-0.05, 0) is 18.6 Å². The van der Waals surface area contributed by atoms with Gasteiger partial charge in [0.25, 0.3) is 10.9 Å². The number of nitrogens with zero attached hydrogens (tertiary/aromatic N) is 2. The zero-order valence-electron chi connectivity index (χ0n) is 15.0. The second-order valence-electron chi connectivity index (χ2n) is 6.45. The normalized spacial score (nSPS) is 14.5. The molecule has 3 rings (SSSR count). The minimum absolute atomic E-state index is 0.0407. The van der Waals surface area contributed by atoms with Gasteiger partial charge in [-0.2, -0.15) is 0 Å². The molecule has 7 nitrogen and oxygen atoms in total. The smallest absolute Gasteiger partial charge is 0.253 e. The van der Waals surface area contributed by atoms with Crippen molar-refractivity contribution < 1.29 is 4.79 Å². The van der Waals surface area contributed by atoms with Crippen molar-refractivity contribution in [1.82, 2.24) is 4.90 Å². The van der Waals surface area contributed by atoms with Crippen LogP contribution in [0.25, 0.3) is 0 Å². The first-order chi connectivity index (χ1) is 12.6. The SMILES string of the molecule is CC(=O)N1CCN(c2c(NCCCNc3ccccc3)c(=O)c2=O)CC1. The fourth-order valence-corrected chi connectivity index (χ4v) is 3.18. The van der Waals surface area contributed by atoms with Gasteiger partial charge >= 0.3 is 0 Å². The van der Waals surface area contributed by atoms with Crippen LogP contribution in [-0.4, -0.2) is 50.1 Å². The quantitative estimate of drug-likeness (QED) is 0.566. The minimum Gasteiger partial charge on any atom is -0.385 e. The van der Waals surface area contributed by atoms with Crippen LogP contribution in [0.4, 0.5) is 17.1 Å². The zero-order chi connectivity index (χ0) is 18.5. The number of nitrogens with one attached hydrogen (secondary N) is 2. The Hall–Kier alpha value is -2.83. The van der Waals surface area contributed by atoms with E-state index in [0.717, 1.165) is 18.7 Å². The summed E-state index contributed by atoms with van der Waals surface area (Å²) in [6.07, 6.45) is 0.825. The molecule has 1 aliphatic heterocycles. The maximum atomic E-state index is 12.0. The van der Waals surface area contributed by atoms with Crippen molar-refractivity contribution in [3.05, 3.63) is 50.8 Å². The van der Waals surface area contributed by atoms with E-state index < -0.39 is 10.9 Å². The monoisotopic (exact) mass is 356 g/mol. The van der Waals surface area contributed by atoms with Gasteiger partial charge in [-0.3, -0.25) is 14.4 Å². The van der Waals surface area contributed by atoms with Crippen LogP contribution in [0, 0.1) is 0 Å². The second-order valence-corrected chi connectivity index (χ2v) is 6.45. The number of hydrogen-bond acceptors (Lipinski definition) is 6. The maximum Gasteiger partial charge on any atom is 0.253 e. The molecule has 0 atom stereocenters. The van der Waals surface area contributed by atoms with Crippen LogP contribution in [0.15, 0.2) is 39.9 Å². The predicted octanol–water partition coefficient (Wildman–Crippen LogP) is 0.865. The first kappa shape index (κ1) is 18.0. The van der Waals surface area contributed by atoms with Crippen molar-refractivity contribution in [3.63, 3.8) is 0 Å². The molecule has 1 fully saturated rings. The topological polar surface area (TPSA) is 81.8 Å². The summed E-state index contributed by atoms with van der Waals surface area (Å²) in [5.41, 5.74) is 1.10. The van der Waals surface area contributed by atoms with Gasteiger partial charge in [0.15, 0.2) is 0 Å². The average molecular weight is 356 g/mol. The molecule has 2 aromatic carbocycles. The molecular weight excluding hydrogens is 332 g/mol. The highest BCUT2D eigenvalue weighted by molar-refractivity contribution is 5.76. The lowest BCUT2D eigenvalue weighted by molar-refractivity contribution is -0.129. The third-order valence-electron chi connectivity index (χ3n) is 4.68. The molecule has 138 valence electrons. The lowest BCUT2D eigenvalue weighted by Crippen LogP contribution is -2.52. The number of piperazine rings is 1. The fourth-order valence-electron chi connectivity index (χ4n) is 3.18. The third kappa shape index (κ3) is 3.87. The Balaban J connectivity index is 1.49. The van der Waals surface area contributed by atoms with Gasteiger partial charge in [0.1, 0.15) is 11.4 Å². The lowest BCUT2D eigenvalue weighted by atomic mass is 10.1. The molecule has 1 heterocycles. The molecule has 0 saturated carbocycles. The van der Waals surface area contributed by atoms with Gasteiger partial charge in [0.05, 0.1) is 0 Å². The van der Waals surface area contributed by atoms with E-state index in [1.807, 2.05) is 35.2 Å². The summed E-state index contributed by atoms with van der Waals surface area (Å²) >= 11 is 0. The van der Waals surface area contributed by atoms with Crippen LogP contribution >= 0.6 is 0 Å². The van der Waals surface area contributed by atoms with E-state index >= 15 is 0 Å². The lowest BCUT2D eigenvalue weighted by Gasteiger charge is -2.36. The van der Waals surface area contributed by atoms with Gasteiger partial charge in [-0.15, -0.1) is 0 Å². The molecule has 1 aliphatic rings. The average Bonchev–Trinajstić information content (AvgIpc) is 2.67. The molecule has 2 N–H and O–H groups in total. The van der Waals surface area contributed by atoms with Gasteiger partial charge in [-0.25, -0.2) is 0 Å². The van der Waals surface area contributed by atoms with Crippen molar-refractivity contribution in [3.8, 4) is 0 Å². The van der Waals surface area contributed by atoms with Crippen LogP contribution in [0.1, 0.15) is 13.3 Å². The van der Waals surface area contributed by atoms with Crippen molar-refractivity contribution in [2.45, 2.75) is 13.3 Å². The van der Waals surface area contributed by atoms with Crippen LogP contribution in [0.2, 0.25) is 0 Å². The molecule has 0 radical (unpaired) electrons. The number of anilines is 3. The Morgan fingerprint density at radius 1 is 0.962 bits per heavy atom. The van der Waals surface area contributed by atoms with Gasteiger partial charge in [0.2, 0.25) is 5.91 Å². The molecule has 0 bridgehead atoms. The van der Waals surface area contributed by atoms with E-state index in [9.17, 15) is 14.4 Å². The van der Waals surface area contributed by atoms with Crippen molar-refractivity contribution >= 4 is 23.0 Å². The molecule has 1 saturated heterocycles. The highest BCUT2D eigenvalue weighted by atomic mass is 16.2. The summed E-state index contributed by atoms with van der Waals surface area (Å²) in [6, 6.07) is 9.92. The molecule has 7 heteroatoms. The largest absolute Gasteiger partial charge is 0.385 e. The molecule has 0 spiro atoms. The Labute approximate surface area is 152 Å². The first-order valence-electron chi connectivity index (χ1n) is 8.94. The van der Waals surface area contributed by atoms with E-state index in [4.69, 9.17) is 0 Å². The van der Waals surface area contributed by atoms with Gasteiger partial charge < -0.3 is 20.4 Å². The summed E-state index contributed by atoms with van der Waals surface area (Å²) < 4.78 is 0. The highest BCUT2D eigenvalue weighted by Gasteiger charge is 2.28. The van der Waals surface area contributed by atoms with Gasteiger partial charge in [0, 0.05) is 51.9 Å². The fraction of sp³-hybridized carbons (Fsp3) is 0.421. The number of hydrogen-bond donors (Lipinski definition) is 2. The number of amides is 1. The zero-order valence-corrected chi connectivity index (χ0v) is 15.0. The Bertz CT molecular complexity index is 819. The van der Waals surface area contributed by atoms with Crippen LogP contribution < -0.4 is 26.4 Å². The molecule has 0 aromatic heterocycles. The van der Waals surface area contributed by atoms with Crippen LogP contribution in [0.5, 0.6) is 0 Å². The summed E-state index contributed by atoms with van der Waals surface area (Å²) in [5, 5.41) is 6.42. The predicted molar refractivity (Wildman–Crippen MR) is 104 cm³/mol. The third-order valence-corrected chi connectivity index (χ3v) is 4.68. The molecule has 2 aromatic rings. The van der Waals surface area contributed by atoms with E-state index in [1.54, 1.807) is 11.8 Å². The highest BCUT2D eigenvalue weighted by Crippen LogP contribution is 2.21. The van der Waals surface area contributed by atoms with E-state index in [2.05, 4.69) is 10.6 Å². The molecule has 0 unspecified atom stereocenters. The van der Waals surface area contributed by atoms with E-state index in [1.165, 1.54) is 0 Å². The Morgan fingerprint density at radius 3 is 2.27 bits per heavy atom. The first-order valence-corrected chi connectivity index (χ1v) is 8.94. The Morgan fingerprint density at radius 2 is 1.62 bits per heavy atom.